The van der Waals surface area contributed by atoms with Crippen molar-refractivity contribution in [3.05, 3.63) is 107 Å². The fraction of sp³-hybridized carbons (Fsp3) is 0.353. The van der Waals surface area contributed by atoms with Gasteiger partial charge in [0, 0.05) is 41.8 Å². The monoisotopic (exact) mass is 538 g/mol. The molecule has 5 heteroatoms. The minimum Gasteiger partial charge on any atom is -0.340 e. The molecule has 0 saturated heterocycles. The third-order valence-corrected chi connectivity index (χ3v) is 10.8. The Kier molecular flexibility index (Phi) is 7.22. The van der Waals surface area contributed by atoms with E-state index in [1.54, 1.807) is 4.31 Å². The number of fused-ring (bicyclic) bond motifs is 1. The van der Waals surface area contributed by atoms with Crippen LogP contribution in [0.2, 0.25) is 0 Å². The highest BCUT2D eigenvalue weighted by Crippen LogP contribution is 2.37. The first-order chi connectivity index (χ1) is 18.9. The van der Waals surface area contributed by atoms with Gasteiger partial charge < -0.3 is 4.57 Å². The zero-order valence-corrected chi connectivity index (χ0v) is 23.9. The predicted octanol–water partition coefficient (Wildman–Crippen LogP) is 7.83. The Morgan fingerprint density at radius 1 is 0.846 bits per heavy atom. The molecule has 0 unspecified atom stereocenters. The Balaban J connectivity index is 1.26. The van der Waals surface area contributed by atoms with E-state index in [1.165, 1.54) is 76.5 Å². The summed E-state index contributed by atoms with van der Waals surface area (Å²) >= 11 is 0. The van der Waals surface area contributed by atoms with Gasteiger partial charge in [-0.15, -0.1) is 0 Å². The minimum absolute atomic E-state index is 0.402. The van der Waals surface area contributed by atoms with Gasteiger partial charge in [-0.25, -0.2) is 8.42 Å². The molecular formula is C34H38N2O2S. The molecule has 1 aromatic heterocycles. The standard InChI is InChI=1S/C34H38N2O2S/c1-25-10-6-7-13-30(25)24-36-26(2)34(32-14-8-9-15-33(32)36)29-20-22-35(23-21-29)39(37,38)31-18-16-28(17-19-31)27-11-4-3-5-12-27/h6-10,13-20,27H,3-5,11-12,21-24H2,1-2H3. The van der Waals surface area contributed by atoms with E-state index in [2.05, 4.69) is 73.0 Å². The number of para-hydroxylation sites is 1. The lowest BCUT2D eigenvalue weighted by atomic mass is 9.84. The average molecular weight is 539 g/mol. The van der Waals surface area contributed by atoms with Crippen molar-refractivity contribution >= 4 is 26.5 Å². The van der Waals surface area contributed by atoms with Gasteiger partial charge in [0.25, 0.3) is 0 Å². The molecule has 3 aromatic carbocycles. The molecule has 39 heavy (non-hydrogen) atoms. The zero-order chi connectivity index (χ0) is 27.0. The molecule has 0 bridgehead atoms. The lowest BCUT2D eigenvalue weighted by Crippen LogP contribution is -2.34. The number of aryl methyl sites for hydroxylation is 1. The molecule has 1 fully saturated rings. The summed E-state index contributed by atoms with van der Waals surface area (Å²) in [4.78, 5) is 0.407. The maximum absolute atomic E-state index is 13.5. The van der Waals surface area contributed by atoms with Crippen molar-refractivity contribution in [3.8, 4) is 0 Å². The molecule has 4 aromatic rings. The first kappa shape index (κ1) is 26.1. The van der Waals surface area contributed by atoms with Gasteiger partial charge in [-0.05, 0) is 79.5 Å². The van der Waals surface area contributed by atoms with Gasteiger partial charge in [0.15, 0.2) is 0 Å². The van der Waals surface area contributed by atoms with Crippen LogP contribution in [0.4, 0.5) is 0 Å². The maximum atomic E-state index is 13.5. The molecule has 1 aliphatic heterocycles. The van der Waals surface area contributed by atoms with Crippen LogP contribution in [0.5, 0.6) is 0 Å². The summed E-state index contributed by atoms with van der Waals surface area (Å²) in [5, 5.41) is 1.24. The number of rotatable bonds is 6. The highest BCUT2D eigenvalue weighted by molar-refractivity contribution is 7.89. The van der Waals surface area contributed by atoms with E-state index in [0.717, 1.165) is 6.54 Å². The van der Waals surface area contributed by atoms with Gasteiger partial charge in [-0.3, -0.25) is 0 Å². The summed E-state index contributed by atoms with van der Waals surface area (Å²) in [6, 6.07) is 24.9. The molecule has 0 radical (unpaired) electrons. The van der Waals surface area contributed by atoms with Crippen LogP contribution in [-0.2, 0) is 16.6 Å². The predicted molar refractivity (Wildman–Crippen MR) is 161 cm³/mol. The molecule has 202 valence electrons. The van der Waals surface area contributed by atoms with Gasteiger partial charge in [0.2, 0.25) is 10.0 Å². The molecule has 1 aliphatic carbocycles. The van der Waals surface area contributed by atoms with E-state index in [9.17, 15) is 8.42 Å². The summed E-state index contributed by atoms with van der Waals surface area (Å²) in [5.74, 6) is 0.576. The van der Waals surface area contributed by atoms with Crippen LogP contribution in [0, 0.1) is 13.8 Å². The van der Waals surface area contributed by atoms with Crippen molar-refractivity contribution in [3.63, 3.8) is 0 Å². The third kappa shape index (κ3) is 4.99. The van der Waals surface area contributed by atoms with Crippen molar-refractivity contribution in [1.29, 1.82) is 0 Å². The van der Waals surface area contributed by atoms with E-state index in [0.29, 0.717) is 30.3 Å². The zero-order valence-electron chi connectivity index (χ0n) is 23.1. The molecule has 0 atom stereocenters. The summed E-state index contributed by atoms with van der Waals surface area (Å²) in [7, 11) is -3.52. The second-order valence-corrected chi connectivity index (χ2v) is 13.2. The Bertz CT molecular complexity index is 1620. The fourth-order valence-corrected chi connectivity index (χ4v) is 7.97. The van der Waals surface area contributed by atoms with Crippen molar-refractivity contribution in [2.45, 2.75) is 69.7 Å². The number of benzene rings is 3. The van der Waals surface area contributed by atoms with E-state index < -0.39 is 10.0 Å². The van der Waals surface area contributed by atoms with Crippen LogP contribution in [0.15, 0.2) is 83.8 Å². The van der Waals surface area contributed by atoms with Crippen molar-refractivity contribution in [2.75, 3.05) is 13.1 Å². The first-order valence-electron chi connectivity index (χ1n) is 14.4. The Morgan fingerprint density at radius 2 is 1.56 bits per heavy atom. The van der Waals surface area contributed by atoms with E-state index >= 15 is 0 Å². The second kappa shape index (κ2) is 10.8. The highest BCUT2D eigenvalue weighted by Gasteiger charge is 2.28. The Labute approximate surface area is 233 Å². The van der Waals surface area contributed by atoms with E-state index in [4.69, 9.17) is 0 Å². The number of hydrogen-bond acceptors (Lipinski definition) is 2. The van der Waals surface area contributed by atoms with Gasteiger partial charge in [-0.1, -0.05) is 79.9 Å². The Hall–Kier alpha value is -3.15. The summed E-state index contributed by atoms with van der Waals surface area (Å²) in [6.45, 7) is 6.09. The van der Waals surface area contributed by atoms with Crippen molar-refractivity contribution in [1.82, 2.24) is 8.87 Å². The quantitative estimate of drug-likeness (QED) is 0.251. The van der Waals surface area contributed by atoms with Gasteiger partial charge in [0.05, 0.1) is 4.90 Å². The molecule has 0 spiro atoms. The number of sulfonamides is 1. The Morgan fingerprint density at radius 3 is 2.28 bits per heavy atom. The lowest BCUT2D eigenvalue weighted by Gasteiger charge is -2.27. The number of hydrogen-bond donors (Lipinski definition) is 0. The van der Waals surface area contributed by atoms with Gasteiger partial charge >= 0.3 is 0 Å². The average Bonchev–Trinajstić information content (AvgIpc) is 3.25. The fourth-order valence-electron chi connectivity index (χ4n) is 6.59. The van der Waals surface area contributed by atoms with Gasteiger partial charge in [0.1, 0.15) is 0 Å². The number of nitrogens with zero attached hydrogens (tertiary/aromatic N) is 2. The molecule has 4 nitrogen and oxygen atoms in total. The van der Waals surface area contributed by atoms with Crippen molar-refractivity contribution < 1.29 is 8.42 Å². The minimum atomic E-state index is -3.52. The summed E-state index contributed by atoms with van der Waals surface area (Å²) < 4.78 is 31.1. The molecule has 0 amide bonds. The largest absolute Gasteiger partial charge is 0.340 e. The number of aromatic nitrogens is 1. The van der Waals surface area contributed by atoms with Crippen LogP contribution in [0.3, 0.4) is 0 Å². The van der Waals surface area contributed by atoms with Crippen molar-refractivity contribution in [2.24, 2.45) is 0 Å². The first-order valence-corrected chi connectivity index (χ1v) is 15.8. The van der Waals surface area contributed by atoms with Gasteiger partial charge in [-0.2, -0.15) is 4.31 Å². The molecule has 0 N–H and O–H groups in total. The maximum Gasteiger partial charge on any atom is 0.243 e. The SMILES string of the molecule is Cc1ccccc1Cn1c(C)c(C2=CCN(S(=O)(=O)c3ccc(C4CCCCC4)cc3)CC2)c2ccccc21. The molecule has 1 saturated carbocycles. The van der Waals surface area contributed by atoms with Crippen LogP contribution in [0.1, 0.15) is 72.4 Å². The molecule has 2 heterocycles. The van der Waals surface area contributed by atoms with Crippen LogP contribution >= 0.6 is 0 Å². The second-order valence-electron chi connectivity index (χ2n) is 11.2. The van der Waals surface area contributed by atoms with E-state index in [1.807, 2.05) is 24.3 Å². The highest BCUT2D eigenvalue weighted by atomic mass is 32.2. The van der Waals surface area contributed by atoms with Crippen LogP contribution in [0.25, 0.3) is 16.5 Å². The van der Waals surface area contributed by atoms with Crippen LogP contribution in [-0.4, -0.2) is 30.4 Å². The lowest BCUT2D eigenvalue weighted by molar-refractivity contribution is 0.439. The summed E-state index contributed by atoms with van der Waals surface area (Å²) in [5.41, 5.74) is 8.85. The smallest absolute Gasteiger partial charge is 0.243 e. The third-order valence-electron chi connectivity index (χ3n) is 8.91. The molecule has 6 rings (SSSR count). The topological polar surface area (TPSA) is 42.3 Å². The normalized spacial score (nSPS) is 17.4. The van der Waals surface area contributed by atoms with Crippen LogP contribution < -0.4 is 0 Å². The molecule has 2 aliphatic rings. The van der Waals surface area contributed by atoms with E-state index in [-0.39, 0.29) is 0 Å². The summed E-state index contributed by atoms with van der Waals surface area (Å²) in [6.07, 6.45) is 9.14. The molecular weight excluding hydrogens is 500 g/mol.